The fourth-order valence-corrected chi connectivity index (χ4v) is 4.71. The number of fused-ring (bicyclic) bond motifs is 2. The van der Waals surface area contributed by atoms with Crippen LogP contribution >= 0.6 is 0 Å². The van der Waals surface area contributed by atoms with Crippen LogP contribution in [-0.2, 0) is 16.8 Å². The van der Waals surface area contributed by atoms with E-state index in [1.165, 1.54) is 12.1 Å². The molecule has 1 saturated heterocycles. The molecule has 168 valence electrons. The Morgan fingerprint density at radius 2 is 2.10 bits per heavy atom. The highest BCUT2D eigenvalue weighted by Crippen LogP contribution is 2.44. The fraction of sp³-hybridized carbons (Fsp3) is 0.545. The van der Waals surface area contributed by atoms with Crippen molar-refractivity contribution in [3.05, 3.63) is 57.5 Å². The Labute approximate surface area is 180 Å². The first-order valence-corrected chi connectivity index (χ1v) is 10.6. The van der Waals surface area contributed by atoms with E-state index in [1.54, 1.807) is 16.7 Å². The summed E-state index contributed by atoms with van der Waals surface area (Å²) in [6, 6.07) is 5.61. The van der Waals surface area contributed by atoms with Crippen LogP contribution in [0.5, 0.6) is 5.75 Å². The lowest BCUT2D eigenvalue weighted by Crippen LogP contribution is -2.50. The lowest BCUT2D eigenvalue weighted by Gasteiger charge is -2.41. The van der Waals surface area contributed by atoms with Gasteiger partial charge >= 0.3 is 0 Å². The van der Waals surface area contributed by atoms with Gasteiger partial charge in [0.25, 0.3) is 5.56 Å². The second-order valence-electron chi connectivity index (χ2n) is 8.54. The first-order valence-electron chi connectivity index (χ1n) is 10.6. The molecule has 9 heteroatoms. The summed E-state index contributed by atoms with van der Waals surface area (Å²) in [5, 5.41) is 24.3. The van der Waals surface area contributed by atoms with E-state index in [-0.39, 0.29) is 30.2 Å². The molecule has 1 aromatic carbocycles. The molecule has 0 amide bonds. The Morgan fingerprint density at radius 3 is 2.68 bits per heavy atom. The van der Waals surface area contributed by atoms with Crippen LogP contribution in [0.2, 0.25) is 0 Å². The number of likely N-dealkylation sites (N-methyl/N-ethyl adjacent to an activating group) is 1. The summed E-state index contributed by atoms with van der Waals surface area (Å²) in [7, 11) is 3.84. The molecule has 2 aromatic rings. The average Bonchev–Trinajstić information content (AvgIpc) is 2.99. The third-order valence-electron chi connectivity index (χ3n) is 6.62. The van der Waals surface area contributed by atoms with E-state index in [9.17, 15) is 19.4 Å². The number of hydrogen-bond donors (Lipinski definition) is 3. The molecule has 0 spiro atoms. The predicted octanol–water partition coefficient (Wildman–Crippen LogP) is 1.77. The van der Waals surface area contributed by atoms with E-state index in [2.05, 4.69) is 10.3 Å². The zero-order valence-corrected chi connectivity index (χ0v) is 18.0. The molecule has 3 aliphatic rings. The highest BCUT2D eigenvalue weighted by Gasteiger charge is 2.50. The van der Waals surface area contributed by atoms with Crippen LogP contribution in [0.15, 0.2) is 29.1 Å². The van der Waals surface area contributed by atoms with E-state index < -0.39 is 23.1 Å². The number of rotatable bonds is 6. The summed E-state index contributed by atoms with van der Waals surface area (Å²) < 4.78 is 20.8. The Bertz CT molecular complexity index is 1000. The zero-order valence-electron chi connectivity index (χ0n) is 18.0. The van der Waals surface area contributed by atoms with Gasteiger partial charge in [-0.25, -0.2) is 9.37 Å². The standard InChI is InChI=1S/C22H29FN4O4/c1-4-15-16-9-10-22(12-31-16,26(2)3)21-25-17(18(28)20(30)27(15)21)19(29)24-11-13-5-7-14(23)8-6-13/h5-8,15-16,19,24,28-29H,4,9-12H2,1-3H3. The van der Waals surface area contributed by atoms with E-state index in [0.29, 0.717) is 18.9 Å². The molecule has 31 heavy (non-hydrogen) atoms. The second-order valence-corrected chi connectivity index (χ2v) is 8.54. The van der Waals surface area contributed by atoms with Crippen LogP contribution in [0, 0.1) is 5.82 Å². The quantitative estimate of drug-likeness (QED) is 0.598. The Kier molecular flexibility index (Phi) is 5.87. The summed E-state index contributed by atoms with van der Waals surface area (Å²) >= 11 is 0. The van der Waals surface area contributed by atoms with Gasteiger partial charge in [-0.1, -0.05) is 19.1 Å². The predicted molar refractivity (Wildman–Crippen MR) is 112 cm³/mol. The van der Waals surface area contributed by atoms with Gasteiger partial charge in [0.05, 0.1) is 18.8 Å². The second kappa shape index (κ2) is 8.31. The van der Waals surface area contributed by atoms with Gasteiger partial charge in [0.1, 0.15) is 22.9 Å². The Morgan fingerprint density at radius 1 is 1.39 bits per heavy atom. The SMILES string of the molecule is CCC1C2CCC(N(C)C)(CO2)c2nc(C(O)NCc3ccc(F)cc3)c(O)c(=O)n21. The monoisotopic (exact) mass is 432 g/mol. The number of nitrogens with one attached hydrogen (secondary N) is 1. The lowest BCUT2D eigenvalue weighted by molar-refractivity contribution is -0.0811. The van der Waals surface area contributed by atoms with Crippen LogP contribution in [0.1, 0.15) is 55.5 Å². The molecule has 4 heterocycles. The molecular weight excluding hydrogens is 403 g/mol. The van der Waals surface area contributed by atoms with Gasteiger partial charge < -0.3 is 14.9 Å². The van der Waals surface area contributed by atoms with Crippen molar-refractivity contribution in [3.63, 3.8) is 0 Å². The summed E-state index contributed by atoms with van der Waals surface area (Å²) in [5.74, 6) is -0.416. The van der Waals surface area contributed by atoms with Crippen LogP contribution in [0.25, 0.3) is 0 Å². The van der Waals surface area contributed by atoms with E-state index in [0.717, 1.165) is 18.4 Å². The Hall–Kier alpha value is -2.33. The molecule has 1 fully saturated rings. The van der Waals surface area contributed by atoms with Gasteiger partial charge in [-0.3, -0.25) is 19.6 Å². The Balaban J connectivity index is 1.75. The van der Waals surface area contributed by atoms with Crippen molar-refractivity contribution in [3.8, 4) is 5.75 Å². The molecule has 0 radical (unpaired) electrons. The maximum atomic E-state index is 13.3. The number of nitrogens with zero attached hydrogens (tertiary/aromatic N) is 3. The first kappa shape index (κ1) is 21.9. The number of aromatic hydroxyl groups is 1. The molecule has 2 bridgehead atoms. The van der Waals surface area contributed by atoms with Gasteiger partial charge in [-0.15, -0.1) is 0 Å². The van der Waals surface area contributed by atoms with Gasteiger partial charge in [0.15, 0.2) is 6.23 Å². The van der Waals surface area contributed by atoms with Crippen molar-refractivity contribution in [2.45, 2.75) is 56.6 Å². The largest absolute Gasteiger partial charge is 0.502 e. The summed E-state index contributed by atoms with van der Waals surface area (Å²) in [6.07, 6.45) is 0.708. The molecule has 4 atom stereocenters. The van der Waals surface area contributed by atoms with E-state index in [4.69, 9.17) is 4.74 Å². The maximum absolute atomic E-state index is 13.3. The third kappa shape index (κ3) is 3.65. The number of aromatic nitrogens is 2. The van der Waals surface area contributed by atoms with Crippen molar-refractivity contribution < 1.29 is 19.3 Å². The minimum absolute atomic E-state index is 0.111. The molecule has 3 aliphatic heterocycles. The molecule has 1 aromatic heterocycles. The number of halogens is 1. The van der Waals surface area contributed by atoms with Gasteiger partial charge in [-0.05, 0) is 51.1 Å². The van der Waals surface area contributed by atoms with Gasteiger partial charge in [0, 0.05) is 6.54 Å². The molecule has 8 nitrogen and oxygen atoms in total. The summed E-state index contributed by atoms with van der Waals surface area (Å²) in [5.41, 5.74) is -0.564. The zero-order chi connectivity index (χ0) is 22.3. The van der Waals surface area contributed by atoms with Crippen molar-refractivity contribution in [2.24, 2.45) is 0 Å². The highest BCUT2D eigenvalue weighted by molar-refractivity contribution is 5.30. The average molecular weight is 432 g/mol. The maximum Gasteiger partial charge on any atom is 0.296 e. The number of hydrogen-bond acceptors (Lipinski definition) is 7. The van der Waals surface area contributed by atoms with Crippen molar-refractivity contribution in [1.29, 1.82) is 0 Å². The number of benzene rings is 1. The highest BCUT2D eigenvalue weighted by atomic mass is 19.1. The molecular formula is C22H29FN4O4. The number of aliphatic hydroxyl groups is 1. The lowest BCUT2D eigenvalue weighted by atomic mass is 9.88. The minimum atomic E-state index is -1.37. The number of ether oxygens (including phenoxy) is 1. The van der Waals surface area contributed by atoms with Gasteiger partial charge in [0.2, 0.25) is 5.75 Å². The molecule has 4 unspecified atom stereocenters. The minimum Gasteiger partial charge on any atom is -0.502 e. The van der Waals surface area contributed by atoms with Crippen molar-refractivity contribution in [1.82, 2.24) is 19.8 Å². The van der Waals surface area contributed by atoms with Gasteiger partial charge in [-0.2, -0.15) is 0 Å². The topological polar surface area (TPSA) is 99.9 Å². The molecule has 0 saturated carbocycles. The van der Waals surface area contributed by atoms with Crippen molar-refractivity contribution in [2.75, 3.05) is 20.7 Å². The fourth-order valence-electron chi connectivity index (χ4n) is 4.71. The smallest absolute Gasteiger partial charge is 0.296 e. The molecule has 3 N–H and O–H groups in total. The van der Waals surface area contributed by atoms with Crippen LogP contribution < -0.4 is 10.9 Å². The summed E-state index contributed by atoms with van der Waals surface area (Å²) in [4.78, 5) is 19.9. The molecule has 5 rings (SSSR count). The summed E-state index contributed by atoms with van der Waals surface area (Å²) in [6.45, 7) is 2.58. The number of aliphatic hydroxyl groups excluding tert-OH is 1. The van der Waals surface area contributed by atoms with Crippen LogP contribution in [-0.4, -0.2) is 51.5 Å². The first-order chi connectivity index (χ1) is 14.8. The normalized spacial score (nSPS) is 26.0. The van der Waals surface area contributed by atoms with Crippen molar-refractivity contribution >= 4 is 0 Å². The third-order valence-corrected chi connectivity index (χ3v) is 6.62. The van der Waals surface area contributed by atoms with Crippen LogP contribution in [0.4, 0.5) is 4.39 Å². The van der Waals surface area contributed by atoms with Crippen LogP contribution in [0.3, 0.4) is 0 Å². The van der Waals surface area contributed by atoms with E-state index >= 15 is 0 Å². The van der Waals surface area contributed by atoms with E-state index in [1.807, 2.05) is 25.9 Å². The molecule has 0 aliphatic carbocycles.